The summed E-state index contributed by atoms with van der Waals surface area (Å²) in [6.07, 6.45) is 7.19. The van der Waals surface area contributed by atoms with E-state index in [4.69, 9.17) is 14.7 Å². The highest BCUT2D eigenvalue weighted by Crippen LogP contribution is 2.30. The summed E-state index contributed by atoms with van der Waals surface area (Å²) < 4.78 is 7.51. The van der Waals surface area contributed by atoms with Crippen LogP contribution in [0.5, 0.6) is 0 Å². The molecule has 9 nitrogen and oxygen atoms in total. The largest absolute Gasteiger partial charge is 0.381 e. The van der Waals surface area contributed by atoms with Gasteiger partial charge in [0, 0.05) is 67.9 Å². The number of nitrogens with zero attached hydrogens (tertiary/aromatic N) is 4. The maximum absolute atomic E-state index is 14.3. The van der Waals surface area contributed by atoms with Crippen molar-refractivity contribution in [3.05, 3.63) is 76.2 Å². The average molecular weight is 608 g/mol. The van der Waals surface area contributed by atoms with Crippen LogP contribution in [0.15, 0.2) is 59.5 Å². The SMILES string of the molecule is Cc1cc(C2CCNC2)ccc1-c1cc2cnc(Nc3ccc(N(C)C4CCNCC4)cc3)nc2n(CC2CCOCC2)c1=O. The van der Waals surface area contributed by atoms with Crippen molar-refractivity contribution in [2.75, 3.05) is 56.7 Å². The summed E-state index contributed by atoms with van der Waals surface area (Å²) in [5.74, 6) is 1.38. The molecule has 2 aromatic heterocycles. The summed E-state index contributed by atoms with van der Waals surface area (Å²) in [6.45, 7) is 8.41. The van der Waals surface area contributed by atoms with Crippen LogP contribution < -0.4 is 26.4 Å². The number of hydrogen-bond acceptors (Lipinski definition) is 8. The van der Waals surface area contributed by atoms with Crippen molar-refractivity contribution in [1.29, 1.82) is 0 Å². The van der Waals surface area contributed by atoms with Gasteiger partial charge in [0.1, 0.15) is 5.65 Å². The molecule has 3 saturated heterocycles. The Morgan fingerprint density at radius 3 is 2.47 bits per heavy atom. The number of nitrogens with one attached hydrogen (secondary N) is 3. The van der Waals surface area contributed by atoms with E-state index in [0.29, 0.717) is 41.6 Å². The number of anilines is 3. The first-order valence-electron chi connectivity index (χ1n) is 16.6. The van der Waals surface area contributed by atoms with E-state index in [1.807, 2.05) is 16.8 Å². The Hall–Kier alpha value is -3.79. The summed E-state index contributed by atoms with van der Waals surface area (Å²) in [6, 6.07) is 17.6. The lowest BCUT2D eigenvalue weighted by Gasteiger charge is -2.33. The molecule has 9 heteroatoms. The monoisotopic (exact) mass is 607 g/mol. The number of aromatic nitrogens is 3. The third-order valence-corrected chi connectivity index (χ3v) is 10.1. The normalized spacial score (nSPS) is 19.6. The molecule has 0 amide bonds. The van der Waals surface area contributed by atoms with E-state index in [1.165, 1.54) is 11.3 Å². The fourth-order valence-electron chi connectivity index (χ4n) is 7.26. The van der Waals surface area contributed by atoms with Crippen LogP contribution in [-0.4, -0.2) is 67.0 Å². The number of pyridine rings is 1. The molecular formula is C36H45N7O2. The van der Waals surface area contributed by atoms with Crippen molar-refractivity contribution >= 4 is 28.4 Å². The summed E-state index contributed by atoms with van der Waals surface area (Å²) in [5, 5.41) is 11.2. The highest BCUT2D eigenvalue weighted by Gasteiger charge is 2.22. The predicted octanol–water partition coefficient (Wildman–Crippen LogP) is 5.20. The van der Waals surface area contributed by atoms with E-state index >= 15 is 0 Å². The van der Waals surface area contributed by atoms with Gasteiger partial charge in [-0.05, 0) is 118 Å². The van der Waals surface area contributed by atoms with Gasteiger partial charge in [0.15, 0.2) is 0 Å². The highest BCUT2D eigenvalue weighted by molar-refractivity contribution is 5.82. The van der Waals surface area contributed by atoms with Crippen molar-refractivity contribution in [2.45, 2.75) is 57.5 Å². The number of piperidine rings is 1. The van der Waals surface area contributed by atoms with Gasteiger partial charge in [-0.15, -0.1) is 0 Å². The molecule has 0 spiro atoms. The molecular weight excluding hydrogens is 562 g/mol. The van der Waals surface area contributed by atoms with E-state index in [0.717, 1.165) is 93.7 Å². The molecule has 45 heavy (non-hydrogen) atoms. The second-order valence-electron chi connectivity index (χ2n) is 13.0. The molecule has 0 saturated carbocycles. The lowest BCUT2D eigenvalue weighted by molar-refractivity contribution is 0.0613. The standard InChI is InChI=1S/C36H45N7O2/c1-24-19-26(27-9-14-38-21-27)3-8-32(24)33-20-28-22-39-36(41-34(28)43(35(33)44)23-25-12-17-45-18-13-25)40-29-4-6-30(7-5-29)42(2)31-10-15-37-16-11-31/h3-8,19-20,22,25,27,31,37-38H,9-18,21,23H2,1-2H3,(H,39,40,41). The highest BCUT2D eigenvalue weighted by atomic mass is 16.5. The van der Waals surface area contributed by atoms with Crippen LogP contribution in [-0.2, 0) is 11.3 Å². The van der Waals surface area contributed by atoms with Crippen LogP contribution in [0.2, 0.25) is 0 Å². The molecule has 3 fully saturated rings. The minimum absolute atomic E-state index is 0.00216. The Balaban J connectivity index is 1.20. The molecule has 236 valence electrons. The molecule has 1 unspecified atom stereocenters. The number of ether oxygens (including phenoxy) is 1. The predicted molar refractivity (Wildman–Crippen MR) is 182 cm³/mol. The van der Waals surface area contributed by atoms with Crippen molar-refractivity contribution in [2.24, 2.45) is 5.92 Å². The van der Waals surface area contributed by atoms with E-state index in [-0.39, 0.29) is 5.56 Å². The Morgan fingerprint density at radius 1 is 0.956 bits per heavy atom. The third-order valence-electron chi connectivity index (χ3n) is 10.1. The fourth-order valence-corrected chi connectivity index (χ4v) is 7.26. The lowest BCUT2D eigenvalue weighted by Crippen LogP contribution is -2.41. The molecule has 2 aromatic carbocycles. The second-order valence-corrected chi connectivity index (χ2v) is 13.0. The summed E-state index contributed by atoms with van der Waals surface area (Å²) in [7, 11) is 2.18. The Labute approximate surface area is 265 Å². The molecule has 3 aliphatic rings. The first kappa shape index (κ1) is 29.9. The van der Waals surface area contributed by atoms with Gasteiger partial charge in [0.05, 0.1) is 0 Å². The number of fused-ring (bicyclic) bond motifs is 1. The Bertz CT molecular complexity index is 1680. The van der Waals surface area contributed by atoms with Gasteiger partial charge >= 0.3 is 0 Å². The molecule has 7 rings (SSSR count). The van der Waals surface area contributed by atoms with Crippen LogP contribution in [0.3, 0.4) is 0 Å². The zero-order chi connectivity index (χ0) is 30.8. The zero-order valence-electron chi connectivity index (χ0n) is 26.5. The minimum Gasteiger partial charge on any atom is -0.381 e. The van der Waals surface area contributed by atoms with E-state index < -0.39 is 0 Å². The first-order chi connectivity index (χ1) is 22.0. The molecule has 0 bridgehead atoms. The van der Waals surface area contributed by atoms with Crippen molar-refractivity contribution in [3.63, 3.8) is 0 Å². The van der Waals surface area contributed by atoms with Crippen LogP contribution in [0.25, 0.3) is 22.2 Å². The fraction of sp³-hybridized carbons (Fsp3) is 0.472. The molecule has 0 aliphatic carbocycles. The molecule has 3 N–H and O–H groups in total. The zero-order valence-corrected chi connectivity index (χ0v) is 26.5. The number of benzene rings is 2. The van der Waals surface area contributed by atoms with Gasteiger partial charge in [-0.1, -0.05) is 18.2 Å². The van der Waals surface area contributed by atoms with Crippen molar-refractivity contribution < 1.29 is 4.74 Å². The maximum atomic E-state index is 14.3. The molecule has 0 radical (unpaired) electrons. The van der Waals surface area contributed by atoms with Gasteiger partial charge in [-0.3, -0.25) is 9.36 Å². The first-order valence-corrected chi connectivity index (χ1v) is 16.6. The summed E-state index contributed by atoms with van der Waals surface area (Å²) >= 11 is 0. The van der Waals surface area contributed by atoms with Crippen LogP contribution >= 0.6 is 0 Å². The number of aryl methyl sites for hydroxylation is 1. The molecule has 5 heterocycles. The quantitative estimate of drug-likeness (QED) is 0.252. The van der Waals surface area contributed by atoms with Gasteiger partial charge in [0.25, 0.3) is 5.56 Å². The lowest BCUT2D eigenvalue weighted by atomic mass is 9.92. The number of rotatable bonds is 8. The topological polar surface area (TPSA) is 96.3 Å². The van der Waals surface area contributed by atoms with Crippen LogP contribution in [0.4, 0.5) is 17.3 Å². The number of hydrogen-bond donors (Lipinski definition) is 3. The Kier molecular flexibility index (Phi) is 8.83. The smallest absolute Gasteiger partial charge is 0.260 e. The molecule has 1 atom stereocenters. The van der Waals surface area contributed by atoms with Crippen molar-refractivity contribution in [1.82, 2.24) is 25.2 Å². The van der Waals surface area contributed by atoms with E-state index in [9.17, 15) is 4.79 Å². The van der Waals surface area contributed by atoms with E-state index in [2.05, 4.69) is 77.3 Å². The van der Waals surface area contributed by atoms with Gasteiger partial charge < -0.3 is 25.6 Å². The maximum Gasteiger partial charge on any atom is 0.260 e. The van der Waals surface area contributed by atoms with Gasteiger partial charge in [0.2, 0.25) is 5.95 Å². The molecule has 4 aromatic rings. The van der Waals surface area contributed by atoms with Crippen LogP contribution in [0, 0.1) is 12.8 Å². The second kappa shape index (κ2) is 13.3. The average Bonchev–Trinajstić information content (AvgIpc) is 3.63. The molecule has 3 aliphatic heterocycles. The third kappa shape index (κ3) is 6.48. The van der Waals surface area contributed by atoms with Gasteiger partial charge in [-0.25, -0.2) is 4.98 Å². The summed E-state index contributed by atoms with van der Waals surface area (Å²) in [5.41, 5.74) is 6.95. The summed E-state index contributed by atoms with van der Waals surface area (Å²) in [4.78, 5) is 26.3. The van der Waals surface area contributed by atoms with E-state index in [1.54, 1.807) is 0 Å². The van der Waals surface area contributed by atoms with Gasteiger partial charge in [-0.2, -0.15) is 4.98 Å². The Morgan fingerprint density at radius 2 is 1.73 bits per heavy atom. The van der Waals surface area contributed by atoms with Crippen molar-refractivity contribution in [3.8, 4) is 11.1 Å². The minimum atomic E-state index is 0.00216. The van der Waals surface area contributed by atoms with Crippen LogP contribution in [0.1, 0.15) is 49.1 Å².